The van der Waals surface area contributed by atoms with E-state index in [0.29, 0.717) is 5.56 Å². The predicted octanol–water partition coefficient (Wildman–Crippen LogP) is 2.23. The summed E-state index contributed by atoms with van der Waals surface area (Å²) in [5, 5.41) is 11.7. The van der Waals surface area contributed by atoms with Crippen molar-refractivity contribution in [1.29, 1.82) is 0 Å². The maximum atomic E-state index is 12.9. The quantitative estimate of drug-likeness (QED) is 0.335. The normalized spacial score (nSPS) is 15.2. The molecule has 27 heavy (non-hydrogen) atoms. The molecule has 2 amide bonds. The van der Waals surface area contributed by atoms with Crippen LogP contribution in [0, 0.1) is 10.1 Å². The summed E-state index contributed by atoms with van der Waals surface area (Å²) >= 11 is 0. The van der Waals surface area contributed by atoms with E-state index in [1.54, 1.807) is 30.3 Å². The van der Waals surface area contributed by atoms with Gasteiger partial charge >= 0.3 is 12.0 Å². The summed E-state index contributed by atoms with van der Waals surface area (Å²) < 4.78 is 4.85. The van der Waals surface area contributed by atoms with Gasteiger partial charge in [-0.2, -0.15) is 0 Å². The Kier molecular flexibility index (Phi) is 4.98. The van der Waals surface area contributed by atoms with Gasteiger partial charge in [-0.15, -0.1) is 0 Å². The molecule has 8 nitrogen and oxygen atoms in total. The Morgan fingerprint density at radius 3 is 2.04 bits per heavy atom. The van der Waals surface area contributed by atoms with Gasteiger partial charge in [-0.25, -0.2) is 4.79 Å². The summed E-state index contributed by atoms with van der Waals surface area (Å²) in [6.07, 6.45) is 0. The number of carbonyl (C=O) groups excluding carboxylic acids is 3. The number of benzene rings is 2. The number of imide groups is 1. The fraction of sp³-hybridized carbons (Fsp3) is 0.211. The summed E-state index contributed by atoms with van der Waals surface area (Å²) in [4.78, 5) is 49.7. The van der Waals surface area contributed by atoms with Gasteiger partial charge in [-0.1, -0.05) is 42.5 Å². The largest absolute Gasteiger partial charge is 0.461 e. The number of carbonyl (C=O) groups is 3. The molecule has 2 atom stereocenters. The first-order valence-electron chi connectivity index (χ1n) is 8.29. The van der Waals surface area contributed by atoms with Gasteiger partial charge in [-0.05, 0) is 24.6 Å². The van der Waals surface area contributed by atoms with Crippen molar-refractivity contribution in [2.45, 2.75) is 19.0 Å². The zero-order chi connectivity index (χ0) is 19.6. The molecule has 8 heteroatoms. The zero-order valence-corrected chi connectivity index (χ0v) is 14.4. The van der Waals surface area contributed by atoms with Gasteiger partial charge in [0.15, 0.2) is 0 Å². The molecule has 0 spiro atoms. The van der Waals surface area contributed by atoms with Crippen molar-refractivity contribution in [1.82, 2.24) is 4.90 Å². The minimum atomic E-state index is -1.94. The van der Waals surface area contributed by atoms with E-state index in [1.165, 1.54) is 31.2 Å². The molecular formula is C19H16N2O6. The lowest BCUT2D eigenvalue weighted by molar-refractivity contribution is -0.517. The van der Waals surface area contributed by atoms with E-state index in [-0.39, 0.29) is 17.7 Å². The number of nitrogens with zero attached hydrogens (tertiary/aromatic N) is 2. The Morgan fingerprint density at radius 1 is 1.04 bits per heavy atom. The molecule has 2 aromatic rings. The molecule has 1 aliphatic rings. The van der Waals surface area contributed by atoms with Gasteiger partial charge in [0.25, 0.3) is 11.8 Å². The molecule has 1 heterocycles. The molecule has 1 aliphatic heterocycles. The fourth-order valence-electron chi connectivity index (χ4n) is 3.14. The molecule has 3 rings (SSSR count). The van der Waals surface area contributed by atoms with Crippen molar-refractivity contribution in [3.8, 4) is 0 Å². The second-order valence-electron chi connectivity index (χ2n) is 5.86. The third-order valence-corrected chi connectivity index (χ3v) is 4.30. The van der Waals surface area contributed by atoms with Crippen molar-refractivity contribution in [2.24, 2.45) is 0 Å². The highest BCUT2D eigenvalue weighted by atomic mass is 16.6. The summed E-state index contributed by atoms with van der Waals surface area (Å²) in [5.74, 6) is -2.46. The third-order valence-electron chi connectivity index (χ3n) is 4.30. The van der Waals surface area contributed by atoms with Crippen LogP contribution in [0.4, 0.5) is 0 Å². The molecular weight excluding hydrogens is 352 g/mol. The van der Waals surface area contributed by atoms with E-state index in [0.717, 1.165) is 4.90 Å². The maximum absolute atomic E-state index is 12.9. The maximum Gasteiger partial charge on any atom is 0.384 e. The van der Waals surface area contributed by atoms with Gasteiger partial charge < -0.3 is 4.74 Å². The number of ether oxygens (including phenoxy) is 1. The fourth-order valence-corrected chi connectivity index (χ4v) is 3.14. The lowest BCUT2D eigenvalue weighted by atomic mass is 9.97. The summed E-state index contributed by atoms with van der Waals surface area (Å²) in [6, 6.07) is 10.8. The van der Waals surface area contributed by atoms with Crippen molar-refractivity contribution in [3.63, 3.8) is 0 Å². The molecule has 138 valence electrons. The van der Waals surface area contributed by atoms with Crippen molar-refractivity contribution in [3.05, 3.63) is 81.4 Å². The van der Waals surface area contributed by atoms with Crippen LogP contribution in [0.2, 0.25) is 0 Å². The molecule has 0 saturated carbocycles. The van der Waals surface area contributed by atoms with E-state index in [1.807, 2.05) is 0 Å². The Morgan fingerprint density at radius 2 is 1.56 bits per heavy atom. The van der Waals surface area contributed by atoms with Crippen LogP contribution in [0.15, 0.2) is 54.6 Å². The smallest absolute Gasteiger partial charge is 0.384 e. The van der Waals surface area contributed by atoms with Gasteiger partial charge in [0.1, 0.15) is 6.04 Å². The highest BCUT2D eigenvalue weighted by Crippen LogP contribution is 2.34. The minimum absolute atomic E-state index is 0.0627. The zero-order valence-electron chi connectivity index (χ0n) is 14.4. The number of amides is 2. The number of esters is 1. The average Bonchev–Trinajstić information content (AvgIpc) is 2.91. The molecule has 0 bridgehead atoms. The number of hydrogen-bond acceptors (Lipinski definition) is 6. The van der Waals surface area contributed by atoms with Crippen LogP contribution >= 0.6 is 0 Å². The second-order valence-corrected chi connectivity index (χ2v) is 5.86. The van der Waals surface area contributed by atoms with Crippen LogP contribution in [-0.2, 0) is 9.53 Å². The Labute approximate surface area is 154 Å². The van der Waals surface area contributed by atoms with E-state index < -0.39 is 34.8 Å². The molecule has 0 N–H and O–H groups in total. The summed E-state index contributed by atoms with van der Waals surface area (Å²) in [7, 11) is 0. The molecule has 0 aliphatic carbocycles. The van der Waals surface area contributed by atoms with Crippen LogP contribution in [0.3, 0.4) is 0 Å². The van der Waals surface area contributed by atoms with E-state index in [9.17, 15) is 24.5 Å². The van der Waals surface area contributed by atoms with Gasteiger partial charge in [0.05, 0.1) is 17.7 Å². The Hall–Kier alpha value is -3.55. The molecule has 2 unspecified atom stereocenters. The van der Waals surface area contributed by atoms with E-state index >= 15 is 0 Å². The van der Waals surface area contributed by atoms with Gasteiger partial charge in [0.2, 0.25) is 0 Å². The summed E-state index contributed by atoms with van der Waals surface area (Å²) in [5.41, 5.74) is 0.588. The topological polar surface area (TPSA) is 107 Å². The second kappa shape index (κ2) is 7.36. The van der Waals surface area contributed by atoms with Gasteiger partial charge in [0, 0.05) is 4.92 Å². The highest BCUT2D eigenvalue weighted by Gasteiger charge is 2.51. The SMILES string of the molecule is CCOC(=O)C(C(c1ccccc1)N1C(=O)c2ccccc2C1=O)[N+](=O)[O-]. The first kappa shape index (κ1) is 18.2. The monoisotopic (exact) mass is 368 g/mol. The van der Waals surface area contributed by atoms with Crippen molar-refractivity contribution >= 4 is 17.8 Å². The van der Waals surface area contributed by atoms with Crippen molar-refractivity contribution in [2.75, 3.05) is 6.61 Å². The lowest BCUT2D eigenvalue weighted by Gasteiger charge is -2.27. The Balaban J connectivity index is 2.14. The minimum Gasteiger partial charge on any atom is -0.461 e. The van der Waals surface area contributed by atoms with E-state index in [2.05, 4.69) is 0 Å². The first-order chi connectivity index (χ1) is 13.0. The summed E-state index contributed by atoms with van der Waals surface area (Å²) in [6.45, 7) is 1.46. The molecule has 0 aromatic heterocycles. The molecule has 0 fully saturated rings. The van der Waals surface area contributed by atoms with Crippen LogP contribution in [0.5, 0.6) is 0 Å². The van der Waals surface area contributed by atoms with Gasteiger partial charge in [-0.3, -0.25) is 24.6 Å². The number of hydrogen-bond donors (Lipinski definition) is 0. The molecule has 2 aromatic carbocycles. The van der Waals surface area contributed by atoms with Crippen LogP contribution in [-0.4, -0.2) is 40.3 Å². The van der Waals surface area contributed by atoms with Crippen molar-refractivity contribution < 1.29 is 24.0 Å². The van der Waals surface area contributed by atoms with Crippen LogP contribution in [0.25, 0.3) is 0 Å². The molecule has 0 saturated heterocycles. The number of nitro groups is 1. The molecule has 0 radical (unpaired) electrons. The number of rotatable bonds is 6. The highest BCUT2D eigenvalue weighted by molar-refractivity contribution is 6.21. The Bertz CT molecular complexity index is 876. The first-order valence-corrected chi connectivity index (χ1v) is 8.29. The van der Waals surface area contributed by atoms with Crippen LogP contribution < -0.4 is 0 Å². The van der Waals surface area contributed by atoms with Crippen LogP contribution in [0.1, 0.15) is 39.2 Å². The van der Waals surface area contributed by atoms with E-state index in [4.69, 9.17) is 4.74 Å². The predicted molar refractivity (Wildman–Crippen MR) is 93.5 cm³/mol. The third kappa shape index (κ3) is 3.17. The standard InChI is InChI=1S/C19H16N2O6/c1-2-27-19(24)16(21(25)26)15(12-8-4-3-5-9-12)20-17(22)13-10-6-7-11-14(13)18(20)23/h3-11,15-16H,2H2,1H3. The lowest BCUT2D eigenvalue weighted by Crippen LogP contribution is -2.47. The number of fused-ring (bicyclic) bond motifs is 1. The average molecular weight is 368 g/mol.